The second kappa shape index (κ2) is 7.82. The summed E-state index contributed by atoms with van der Waals surface area (Å²) in [6.45, 7) is 0.274. The van der Waals surface area contributed by atoms with Crippen molar-refractivity contribution in [3.8, 4) is 0 Å². The van der Waals surface area contributed by atoms with E-state index in [4.69, 9.17) is 4.84 Å². The number of anilines is 1. The van der Waals surface area contributed by atoms with Gasteiger partial charge in [0.05, 0.1) is 18.4 Å². The fourth-order valence-electron chi connectivity index (χ4n) is 4.06. The van der Waals surface area contributed by atoms with Crippen LogP contribution in [0.4, 0.5) is 15.3 Å². The molecule has 0 aliphatic carbocycles. The number of fused-ring (bicyclic) bond motifs is 4. The number of benzene rings is 2. The molecule has 162 valence electrons. The van der Waals surface area contributed by atoms with Crippen LogP contribution in [-0.2, 0) is 16.2 Å². The van der Waals surface area contributed by atoms with Gasteiger partial charge in [-0.05, 0) is 17.7 Å². The predicted octanol–water partition coefficient (Wildman–Crippen LogP) is 3.01. The standard InChI is InChI=1S/C22H19N5O5/c28-20(29)19-18-16(11-23-26(18)21(30)24-15-9-5-2-6-10-15)17-12-25(19)22(31)27(17)32-13-14-7-3-1-4-8-14/h1-11,17,19H,12-13H2,(H,24,30)(H,28,29). The number of nitrogens with zero attached hydrogens (tertiary/aromatic N) is 4. The molecule has 5 rings (SSSR count). The quantitative estimate of drug-likeness (QED) is 0.639. The van der Waals surface area contributed by atoms with E-state index >= 15 is 0 Å². The van der Waals surface area contributed by atoms with E-state index in [1.807, 2.05) is 36.4 Å². The monoisotopic (exact) mass is 433 g/mol. The van der Waals surface area contributed by atoms with Gasteiger partial charge in [0.15, 0.2) is 6.04 Å². The van der Waals surface area contributed by atoms with Gasteiger partial charge in [-0.25, -0.2) is 14.4 Å². The smallest absolute Gasteiger partial charge is 0.346 e. The average molecular weight is 433 g/mol. The summed E-state index contributed by atoms with van der Waals surface area (Å²) in [4.78, 5) is 45.0. The first kappa shape index (κ1) is 19.8. The number of carbonyl (C=O) groups excluding carboxylic acids is 2. The van der Waals surface area contributed by atoms with Gasteiger partial charge in [-0.2, -0.15) is 14.8 Å². The third kappa shape index (κ3) is 3.26. The maximum atomic E-state index is 13.0. The van der Waals surface area contributed by atoms with Crippen molar-refractivity contribution in [2.75, 3.05) is 11.9 Å². The molecule has 2 bridgehead atoms. The normalized spacial score (nSPS) is 19.1. The van der Waals surface area contributed by atoms with Crippen LogP contribution in [0.15, 0.2) is 66.9 Å². The number of amides is 3. The molecule has 1 fully saturated rings. The summed E-state index contributed by atoms with van der Waals surface area (Å²) in [6, 6.07) is 15.0. The maximum absolute atomic E-state index is 13.0. The predicted molar refractivity (Wildman–Crippen MR) is 111 cm³/mol. The highest BCUT2D eigenvalue weighted by Gasteiger charge is 2.53. The van der Waals surface area contributed by atoms with Crippen molar-refractivity contribution < 1.29 is 24.3 Å². The van der Waals surface area contributed by atoms with Gasteiger partial charge < -0.3 is 15.3 Å². The van der Waals surface area contributed by atoms with Gasteiger partial charge in [0.1, 0.15) is 12.6 Å². The Bertz CT molecular complexity index is 1180. The van der Waals surface area contributed by atoms with Gasteiger partial charge in [-0.3, -0.25) is 4.84 Å². The topological polar surface area (TPSA) is 117 Å². The second-order valence-corrected chi connectivity index (χ2v) is 7.47. The highest BCUT2D eigenvalue weighted by Crippen LogP contribution is 2.44. The van der Waals surface area contributed by atoms with Crippen molar-refractivity contribution in [1.82, 2.24) is 19.7 Å². The molecule has 3 aromatic rings. The highest BCUT2D eigenvalue weighted by molar-refractivity contribution is 5.93. The van der Waals surface area contributed by atoms with Gasteiger partial charge >= 0.3 is 18.0 Å². The number of carboxylic acids is 1. The Kier molecular flexibility index (Phi) is 4.83. The van der Waals surface area contributed by atoms with E-state index in [9.17, 15) is 19.5 Å². The Balaban J connectivity index is 1.47. The zero-order chi connectivity index (χ0) is 22.2. The Hall–Kier alpha value is -4.18. The number of carbonyl (C=O) groups is 3. The number of aliphatic carboxylic acids is 1. The van der Waals surface area contributed by atoms with Crippen molar-refractivity contribution in [2.45, 2.75) is 18.7 Å². The van der Waals surface area contributed by atoms with E-state index in [2.05, 4.69) is 10.4 Å². The number of para-hydroxylation sites is 1. The molecule has 10 nitrogen and oxygen atoms in total. The molecule has 2 aromatic carbocycles. The molecule has 2 N–H and O–H groups in total. The zero-order valence-electron chi connectivity index (χ0n) is 16.8. The average Bonchev–Trinajstić information content (AvgIpc) is 3.35. The van der Waals surface area contributed by atoms with Crippen LogP contribution in [0.25, 0.3) is 0 Å². The molecule has 3 heterocycles. The number of carboxylic acid groups (broad SMARTS) is 1. The third-order valence-electron chi connectivity index (χ3n) is 5.52. The summed E-state index contributed by atoms with van der Waals surface area (Å²) in [7, 11) is 0. The number of hydroxylamine groups is 2. The summed E-state index contributed by atoms with van der Waals surface area (Å²) in [5, 5.41) is 17.9. The molecule has 10 heteroatoms. The molecule has 2 atom stereocenters. The number of urea groups is 1. The summed E-state index contributed by atoms with van der Waals surface area (Å²) in [5.74, 6) is -1.25. The first-order valence-corrected chi connectivity index (χ1v) is 9.98. The third-order valence-corrected chi connectivity index (χ3v) is 5.52. The van der Waals surface area contributed by atoms with Crippen molar-refractivity contribution in [3.05, 3.63) is 83.7 Å². The SMILES string of the molecule is O=C(O)C1c2c(cnn2C(=O)Nc2ccccc2)C2CN1C(=O)N2OCc1ccccc1. The number of hydrogen-bond acceptors (Lipinski definition) is 5. The van der Waals surface area contributed by atoms with Gasteiger partial charge in [0, 0.05) is 11.3 Å². The number of rotatable bonds is 5. The zero-order valence-corrected chi connectivity index (χ0v) is 16.8. The van der Waals surface area contributed by atoms with Crippen LogP contribution >= 0.6 is 0 Å². The van der Waals surface area contributed by atoms with E-state index in [1.54, 1.807) is 24.3 Å². The molecule has 3 amide bonds. The molecular weight excluding hydrogens is 414 g/mol. The number of aromatic nitrogens is 2. The minimum absolute atomic E-state index is 0.129. The minimum Gasteiger partial charge on any atom is -0.479 e. The molecule has 2 aliphatic heterocycles. The van der Waals surface area contributed by atoms with Crippen LogP contribution < -0.4 is 5.32 Å². The van der Waals surface area contributed by atoms with Gasteiger partial charge in [-0.15, -0.1) is 0 Å². The van der Waals surface area contributed by atoms with Crippen molar-refractivity contribution in [1.29, 1.82) is 0 Å². The van der Waals surface area contributed by atoms with E-state index < -0.39 is 30.1 Å². The van der Waals surface area contributed by atoms with Crippen LogP contribution in [-0.4, -0.2) is 49.4 Å². The molecule has 32 heavy (non-hydrogen) atoms. The van der Waals surface area contributed by atoms with E-state index in [-0.39, 0.29) is 18.8 Å². The highest BCUT2D eigenvalue weighted by atomic mass is 16.7. The van der Waals surface area contributed by atoms with Crippen LogP contribution in [0.3, 0.4) is 0 Å². The van der Waals surface area contributed by atoms with Gasteiger partial charge in [-0.1, -0.05) is 48.5 Å². The number of nitrogens with one attached hydrogen (secondary N) is 1. The van der Waals surface area contributed by atoms with Gasteiger partial charge in [0.2, 0.25) is 0 Å². The fraction of sp³-hybridized carbons (Fsp3) is 0.182. The molecular formula is C22H19N5O5. The lowest BCUT2D eigenvalue weighted by atomic mass is 9.98. The van der Waals surface area contributed by atoms with Crippen molar-refractivity contribution >= 4 is 23.7 Å². The molecule has 1 saturated heterocycles. The van der Waals surface area contributed by atoms with Crippen LogP contribution in [0, 0.1) is 0 Å². The van der Waals surface area contributed by atoms with Crippen LogP contribution in [0.5, 0.6) is 0 Å². The first-order chi connectivity index (χ1) is 15.5. The van der Waals surface area contributed by atoms with E-state index in [1.165, 1.54) is 16.2 Å². The Morgan fingerprint density at radius 2 is 1.78 bits per heavy atom. The summed E-state index contributed by atoms with van der Waals surface area (Å²) >= 11 is 0. The molecule has 0 radical (unpaired) electrons. The summed E-state index contributed by atoms with van der Waals surface area (Å²) < 4.78 is 1.01. The molecule has 2 unspecified atom stereocenters. The summed E-state index contributed by atoms with van der Waals surface area (Å²) in [6.07, 6.45) is 1.43. The minimum atomic E-state index is -1.36. The molecule has 0 spiro atoms. The summed E-state index contributed by atoms with van der Waals surface area (Å²) in [5.41, 5.74) is 2.01. The lowest BCUT2D eigenvalue weighted by molar-refractivity contribution is -0.143. The second-order valence-electron chi connectivity index (χ2n) is 7.47. The van der Waals surface area contributed by atoms with E-state index in [0.717, 1.165) is 10.2 Å². The fourth-order valence-corrected chi connectivity index (χ4v) is 4.06. The first-order valence-electron chi connectivity index (χ1n) is 9.98. The van der Waals surface area contributed by atoms with Crippen LogP contribution in [0.2, 0.25) is 0 Å². The Morgan fingerprint density at radius 3 is 2.47 bits per heavy atom. The van der Waals surface area contributed by atoms with Crippen molar-refractivity contribution in [3.63, 3.8) is 0 Å². The Labute approximate surface area is 182 Å². The number of hydrogen-bond donors (Lipinski definition) is 2. The van der Waals surface area contributed by atoms with E-state index in [0.29, 0.717) is 11.3 Å². The van der Waals surface area contributed by atoms with Gasteiger partial charge in [0.25, 0.3) is 0 Å². The Morgan fingerprint density at radius 1 is 1.09 bits per heavy atom. The largest absolute Gasteiger partial charge is 0.479 e. The molecule has 2 aliphatic rings. The maximum Gasteiger partial charge on any atom is 0.346 e. The lowest BCUT2D eigenvalue weighted by Crippen LogP contribution is -2.40. The molecule has 1 aromatic heterocycles. The molecule has 0 saturated carbocycles. The van der Waals surface area contributed by atoms with Crippen molar-refractivity contribution in [2.24, 2.45) is 0 Å². The van der Waals surface area contributed by atoms with Crippen LogP contribution in [0.1, 0.15) is 28.9 Å². The lowest BCUT2D eigenvalue weighted by Gasteiger charge is -2.28.